The molecule has 182 valence electrons. The molecule has 39 heavy (non-hydrogen) atoms. The van der Waals surface area contributed by atoms with E-state index in [1.54, 1.807) is 0 Å². The van der Waals surface area contributed by atoms with Crippen molar-refractivity contribution in [3.05, 3.63) is 145 Å². The van der Waals surface area contributed by atoms with E-state index in [1.807, 2.05) is 78.9 Å². The Morgan fingerprint density at radius 3 is 1.72 bits per heavy atom. The molecule has 1 nitrogen and oxygen atoms in total. The lowest BCUT2D eigenvalue weighted by Crippen LogP contribution is -1.91. The summed E-state index contributed by atoms with van der Waals surface area (Å²) in [6, 6.07) is 19.4. The molecule has 0 atom stereocenters. The van der Waals surface area contributed by atoms with Gasteiger partial charge in [-0.2, -0.15) is 0 Å². The summed E-state index contributed by atoms with van der Waals surface area (Å²) in [4.78, 5) is 0. The van der Waals surface area contributed by atoms with Crippen LogP contribution in [0.4, 0.5) is 0 Å². The van der Waals surface area contributed by atoms with Crippen molar-refractivity contribution < 1.29 is 19.5 Å². The van der Waals surface area contributed by atoms with Gasteiger partial charge in [-0.05, 0) is 61.4 Å². The molecular formula is C38H24O. The van der Waals surface area contributed by atoms with Gasteiger partial charge in [-0.1, -0.05) is 133 Å². The van der Waals surface area contributed by atoms with Gasteiger partial charge in [0.15, 0.2) is 0 Å². The van der Waals surface area contributed by atoms with Crippen LogP contribution in [0.5, 0.6) is 0 Å². The van der Waals surface area contributed by atoms with Crippen LogP contribution >= 0.6 is 0 Å². The van der Waals surface area contributed by atoms with Gasteiger partial charge in [0.25, 0.3) is 0 Å². The van der Waals surface area contributed by atoms with E-state index in [0.29, 0.717) is 16.3 Å². The van der Waals surface area contributed by atoms with Crippen molar-refractivity contribution in [2.24, 2.45) is 0 Å². The molecule has 8 rings (SSSR count). The summed E-state index contributed by atoms with van der Waals surface area (Å²) in [6.45, 7) is 0. The molecule has 0 aliphatic heterocycles. The van der Waals surface area contributed by atoms with Crippen LogP contribution in [0.15, 0.2) is 150 Å². The third-order valence-electron chi connectivity index (χ3n) is 7.06. The summed E-state index contributed by atoms with van der Waals surface area (Å²) in [5, 5.41) is 2.76. The SMILES string of the molecule is [2H]c1c([2H])c(-c2c3ccccc3c(-c3ccccc3)c3ccccc23)c([2H])c(-c2c([2H])c([2H])c([2H])c3c2oc2c([2H])c([2H])c([2H])c([2H])c23)c1[2H]. The fourth-order valence-corrected chi connectivity index (χ4v) is 5.41. The Labute approximate surface area is 242 Å². The Balaban J connectivity index is 1.57. The van der Waals surface area contributed by atoms with Crippen LogP contribution in [0.25, 0.3) is 76.9 Å². The van der Waals surface area contributed by atoms with Gasteiger partial charge >= 0.3 is 0 Å². The Kier molecular flexibility index (Phi) is 3.04. The fourth-order valence-electron chi connectivity index (χ4n) is 5.41. The molecule has 8 aromatic rings. The molecule has 0 bridgehead atoms. The number of hydrogen-bond donors (Lipinski definition) is 0. The minimum atomic E-state index is -0.604. The minimum absolute atomic E-state index is 0.0300. The lowest BCUT2D eigenvalue weighted by Gasteiger charge is -2.18. The van der Waals surface area contributed by atoms with Crippen LogP contribution in [0.2, 0.25) is 0 Å². The molecule has 0 unspecified atom stereocenters. The molecule has 1 heterocycles. The largest absolute Gasteiger partial charge is 0.455 e. The molecule has 0 amide bonds. The van der Waals surface area contributed by atoms with Crippen LogP contribution in [-0.4, -0.2) is 0 Å². The van der Waals surface area contributed by atoms with Gasteiger partial charge in [0.2, 0.25) is 0 Å². The third kappa shape index (κ3) is 3.41. The van der Waals surface area contributed by atoms with Crippen molar-refractivity contribution in [3.8, 4) is 33.4 Å². The number of benzene rings is 7. The van der Waals surface area contributed by atoms with Crippen molar-refractivity contribution in [2.45, 2.75) is 0 Å². The first-order valence-corrected chi connectivity index (χ1v) is 12.5. The van der Waals surface area contributed by atoms with E-state index in [0.717, 1.165) is 21.9 Å². The van der Waals surface area contributed by atoms with Gasteiger partial charge in [0.05, 0.1) is 15.1 Å². The number of fused-ring (bicyclic) bond motifs is 5. The molecule has 7 aromatic carbocycles. The molecule has 0 saturated heterocycles. The summed E-state index contributed by atoms with van der Waals surface area (Å²) in [6.07, 6.45) is 0. The molecule has 0 spiro atoms. The molecule has 0 fully saturated rings. The Bertz CT molecular complexity index is 2710. The lowest BCUT2D eigenvalue weighted by atomic mass is 9.85. The second kappa shape index (κ2) is 8.72. The maximum Gasteiger partial charge on any atom is 0.143 e. The molecular weight excluding hydrogens is 472 g/mol. The summed E-state index contributed by atoms with van der Waals surface area (Å²) in [5.41, 5.74) is 1.32. The highest BCUT2D eigenvalue weighted by Crippen LogP contribution is 2.44. The van der Waals surface area contributed by atoms with E-state index in [-0.39, 0.29) is 50.7 Å². The van der Waals surface area contributed by atoms with E-state index >= 15 is 0 Å². The van der Waals surface area contributed by atoms with Crippen LogP contribution in [0.1, 0.15) is 15.1 Å². The Morgan fingerprint density at radius 2 is 1.00 bits per heavy atom. The maximum absolute atomic E-state index is 9.66. The maximum atomic E-state index is 9.66. The van der Waals surface area contributed by atoms with Gasteiger partial charge in [-0.25, -0.2) is 0 Å². The second-order valence-corrected chi connectivity index (χ2v) is 9.22. The minimum Gasteiger partial charge on any atom is -0.455 e. The quantitative estimate of drug-likeness (QED) is 0.217. The van der Waals surface area contributed by atoms with Crippen molar-refractivity contribution in [2.75, 3.05) is 0 Å². The second-order valence-electron chi connectivity index (χ2n) is 9.22. The first-order valence-electron chi connectivity index (χ1n) is 18.0. The smallest absolute Gasteiger partial charge is 0.143 e. The Hall–Kier alpha value is -5.14. The van der Waals surface area contributed by atoms with Crippen molar-refractivity contribution in [3.63, 3.8) is 0 Å². The van der Waals surface area contributed by atoms with Gasteiger partial charge in [-0.3, -0.25) is 0 Å². The van der Waals surface area contributed by atoms with E-state index in [4.69, 9.17) is 16.8 Å². The van der Waals surface area contributed by atoms with E-state index < -0.39 is 54.4 Å². The zero-order valence-electron chi connectivity index (χ0n) is 31.4. The van der Waals surface area contributed by atoms with Gasteiger partial charge in [0.1, 0.15) is 11.2 Å². The molecule has 0 saturated carbocycles. The normalized spacial score (nSPS) is 15.5. The topological polar surface area (TPSA) is 13.1 Å². The predicted octanol–water partition coefficient (Wildman–Crippen LogP) is 10.9. The molecule has 1 aromatic heterocycles. The van der Waals surface area contributed by atoms with E-state index in [1.165, 1.54) is 0 Å². The predicted molar refractivity (Wildman–Crippen MR) is 165 cm³/mol. The van der Waals surface area contributed by atoms with Crippen LogP contribution in [0.3, 0.4) is 0 Å². The summed E-state index contributed by atoms with van der Waals surface area (Å²) in [5.74, 6) is 0. The highest BCUT2D eigenvalue weighted by Gasteiger charge is 2.17. The number of hydrogen-bond acceptors (Lipinski definition) is 1. The standard InChI is InChI=1S/C38H24O/c1-2-12-25(13-3-1)36-30-17-4-6-19-32(30)37(33-20-7-5-18-31(33)36)27-15-10-14-26(24-27)28-21-11-22-34-29-16-8-9-23-35(29)39-38(28)34/h1-24H/i8D,9D,10D,11D,14D,15D,16D,21D,22D,23D,24D. The van der Waals surface area contributed by atoms with E-state index in [9.17, 15) is 2.74 Å². The first kappa shape index (κ1) is 13.6. The monoisotopic (exact) mass is 507 g/mol. The summed E-state index contributed by atoms with van der Waals surface area (Å²) < 4.78 is 103. The van der Waals surface area contributed by atoms with Crippen molar-refractivity contribution in [1.29, 1.82) is 0 Å². The zero-order valence-corrected chi connectivity index (χ0v) is 20.4. The highest BCUT2D eigenvalue weighted by molar-refractivity contribution is 6.21. The highest BCUT2D eigenvalue weighted by atomic mass is 16.3. The lowest BCUT2D eigenvalue weighted by molar-refractivity contribution is 0.670. The van der Waals surface area contributed by atoms with Crippen molar-refractivity contribution >= 4 is 43.5 Å². The van der Waals surface area contributed by atoms with Gasteiger partial charge in [0, 0.05) is 16.3 Å². The molecule has 1 heteroatoms. The Morgan fingerprint density at radius 1 is 0.436 bits per heavy atom. The zero-order chi connectivity index (χ0) is 35.3. The van der Waals surface area contributed by atoms with E-state index in [2.05, 4.69) is 0 Å². The average molecular weight is 508 g/mol. The third-order valence-corrected chi connectivity index (χ3v) is 7.06. The average Bonchev–Trinajstić information content (AvgIpc) is 3.53. The number of para-hydroxylation sites is 2. The fraction of sp³-hybridized carbons (Fsp3) is 0. The molecule has 0 aliphatic rings. The van der Waals surface area contributed by atoms with Gasteiger partial charge < -0.3 is 4.42 Å². The first-order chi connectivity index (χ1) is 24.0. The van der Waals surface area contributed by atoms with Crippen LogP contribution in [0, 0.1) is 0 Å². The summed E-state index contributed by atoms with van der Waals surface area (Å²) in [7, 11) is 0. The molecule has 0 aliphatic carbocycles. The number of furan rings is 1. The molecule has 0 radical (unpaired) electrons. The van der Waals surface area contributed by atoms with Crippen molar-refractivity contribution in [1.82, 2.24) is 0 Å². The van der Waals surface area contributed by atoms with Gasteiger partial charge in [-0.15, -0.1) is 0 Å². The van der Waals surface area contributed by atoms with Crippen LogP contribution < -0.4 is 0 Å². The van der Waals surface area contributed by atoms with Crippen LogP contribution in [-0.2, 0) is 0 Å². The molecule has 0 N–H and O–H groups in total. The number of rotatable bonds is 3. The summed E-state index contributed by atoms with van der Waals surface area (Å²) >= 11 is 0.